The van der Waals surface area contributed by atoms with E-state index in [4.69, 9.17) is 4.74 Å². The van der Waals surface area contributed by atoms with Crippen LogP contribution >= 0.6 is 15.9 Å². The Bertz CT molecular complexity index is 539. The first-order chi connectivity index (χ1) is 8.62. The van der Waals surface area contributed by atoms with Crippen LogP contribution in [0.4, 0.5) is 0 Å². The normalized spacial score (nSPS) is 20.7. The number of hydrogen-bond donors (Lipinski definition) is 0. The Morgan fingerprint density at radius 3 is 2.72 bits per heavy atom. The van der Waals surface area contributed by atoms with Gasteiger partial charge in [-0.15, -0.1) is 0 Å². The minimum absolute atomic E-state index is 0.0231. The fourth-order valence-corrected chi connectivity index (χ4v) is 3.41. The van der Waals surface area contributed by atoms with E-state index in [9.17, 15) is 4.79 Å². The number of rotatable bonds is 1. The highest BCUT2D eigenvalue weighted by molar-refractivity contribution is 9.10. The maximum absolute atomic E-state index is 11.8. The summed E-state index contributed by atoms with van der Waals surface area (Å²) in [6.07, 6.45) is 4.12. The molecule has 1 fully saturated rings. The number of halogens is 1. The average molecular weight is 307 g/mol. The van der Waals surface area contributed by atoms with E-state index in [0.717, 1.165) is 41.7 Å². The highest BCUT2D eigenvalue weighted by Gasteiger charge is 2.40. The number of ketones is 1. The molecule has 0 N–H and O–H groups in total. The maximum atomic E-state index is 11.8. The molecule has 1 heterocycles. The van der Waals surface area contributed by atoms with E-state index in [1.54, 1.807) is 6.92 Å². The molecule has 1 spiro atoms. The van der Waals surface area contributed by atoms with Crippen molar-refractivity contribution >= 4 is 27.3 Å². The van der Waals surface area contributed by atoms with Crippen LogP contribution in [0.2, 0.25) is 0 Å². The van der Waals surface area contributed by atoms with E-state index in [0.29, 0.717) is 0 Å². The van der Waals surface area contributed by atoms with Crippen LogP contribution in [0.3, 0.4) is 0 Å². The summed E-state index contributed by atoms with van der Waals surface area (Å²) >= 11 is 3.49. The van der Waals surface area contributed by atoms with Crippen molar-refractivity contribution in [3.63, 3.8) is 0 Å². The summed E-state index contributed by atoms with van der Waals surface area (Å²) in [5.74, 6) is 0.151. The first kappa shape index (κ1) is 12.1. The number of fused-ring (bicyclic) bond motifs is 2. The standard InChI is InChI=1S/C15H15BrO2/c1-10(17)13-9-15(4-6-18-7-5-15)14-3-2-11(16)8-12(13)14/h2-3,8-9H,4-7H2,1H3. The topological polar surface area (TPSA) is 26.3 Å². The third-order valence-corrected chi connectivity index (χ3v) is 4.49. The van der Waals surface area contributed by atoms with Crippen molar-refractivity contribution in [2.75, 3.05) is 13.2 Å². The highest BCUT2D eigenvalue weighted by atomic mass is 79.9. The largest absolute Gasteiger partial charge is 0.381 e. The molecule has 1 aromatic carbocycles. The van der Waals surface area contributed by atoms with Gasteiger partial charge in [0.1, 0.15) is 0 Å². The summed E-state index contributed by atoms with van der Waals surface area (Å²) in [5.41, 5.74) is 3.28. The van der Waals surface area contributed by atoms with Crippen molar-refractivity contribution in [3.8, 4) is 0 Å². The second-order valence-electron chi connectivity index (χ2n) is 5.07. The molecule has 0 aromatic heterocycles. The molecule has 0 atom stereocenters. The molecule has 0 saturated carbocycles. The van der Waals surface area contributed by atoms with Gasteiger partial charge >= 0.3 is 0 Å². The Kier molecular flexibility index (Phi) is 2.91. The number of hydrogen-bond acceptors (Lipinski definition) is 2. The first-order valence-corrected chi connectivity index (χ1v) is 7.04. The number of carbonyl (C=O) groups excluding carboxylic acids is 1. The van der Waals surface area contributed by atoms with E-state index in [1.807, 2.05) is 0 Å². The third-order valence-electron chi connectivity index (χ3n) is 3.99. The zero-order chi connectivity index (χ0) is 12.8. The molecule has 1 aliphatic heterocycles. The zero-order valence-corrected chi connectivity index (χ0v) is 11.9. The summed E-state index contributed by atoms with van der Waals surface area (Å²) in [5, 5.41) is 0. The van der Waals surface area contributed by atoms with Crippen LogP contribution in [-0.2, 0) is 14.9 Å². The minimum Gasteiger partial charge on any atom is -0.381 e. The molecule has 2 nitrogen and oxygen atoms in total. The summed E-state index contributed by atoms with van der Waals surface area (Å²) in [6, 6.07) is 6.27. The number of benzene rings is 1. The predicted octanol–water partition coefficient (Wildman–Crippen LogP) is 3.48. The van der Waals surface area contributed by atoms with E-state index >= 15 is 0 Å². The second kappa shape index (κ2) is 4.32. The van der Waals surface area contributed by atoms with Gasteiger partial charge in [0.05, 0.1) is 0 Å². The summed E-state index contributed by atoms with van der Waals surface area (Å²) in [6.45, 7) is 3.20. The molecule has 0 radical (unpaired) electrons. The van der Waals surface area contributed by atoms with Gasteiger partial charge in [-0.1, -0.05) is 28.1 Å². The fraction of sp³-hybridized carbons (Fsp3) is 0.400. The van der Waals surface area contributed by atoms with Crippen LogP contribution < -0.4 is 0 Å². The average Bonchev–Trinajstić information content (AvgIpc) is 2.65. The lowest BCUT2D eigenvalue weighted by Gasteiger charge is -2.33. The van der Waals surface area contributed by atoms with Crippen molar-refractivity contribution in [2.24, 2.45) is 0 Å². The summed E-state index contributed by atoms with van der Waals surface area (Å²) in [7, 11) is 0. The lowest BCUT2D eigenvalue weighted by atomic mass is 9.76. The zero-order valence-electron chi connectivity index (χ0n) is 10.3. The van der Waals surface area contributed by atoms with Crippen molar-refractivity contribution in [1.82, 2.24) is 0 Å². The Hall–Kier alpha value is -0.930. The van der Waals surface area contributed by atoms with E-state index in [1.165, 1.54) is 5.56 Å². The summed E-state index contributed by atoms with van der Waals surface area (Å²) < 4.78 is 6.49. The molecule has 1 aromatic rings. The molecule has 3 rings (SSSR count). The van der Waals surface area contributed by atoms with Gasteiger partial charge in [0, 0.05) is 28.7 Å². The van der Waals surface area contributed by atoms with Crippen LogP contribution in [0.5, 0.6) is 0 Å². The number of Topliss-reactive ketones (excluding diaryl/α,β-unsaturated/α-hetero) is 1. The summed E-state index contributed by atoms with van der Waals surface area (Å²) in [4.78, 5) is 11.8. The van der Waals surface area contributed by atoms with Crippen molar-refractivity contribution in [3.05, 3.63) is 39.9 Å². The van der Waals surface area contributed by atoms with Crippen molar-refractivity contribution < 1.29 is 9.53 Å². The van der Waals surface area contributed by atoms with E-state index in [2.05, 4.69) is 40.2 Å². The van der Waals surface area contributed by atoms with Gasteiger partial charge in [-0.2, -0.15) is 0 Å². The molecule has 0 unspecified atom stereocenters. The van der Waals surface area contributed by atoms with Gasteiger partial charge in [-0.25, -0.2) is 0 Å². The third kappa shape index (κ3) is 1.77. The van der Waals surface area contributed by atoms with Gasteiger partial charge in [0.15, 0.2) is 5.78 Å². The maximum Gasteiger partial charge on any atom is 0.160 e. The molecule has 0 amide bonds. The lowest BCUT2D eigenvalue weighted by molar-refractivity contribution is -0.111. The lowest BCUT2D eigenvalue weighted by Crippen LogP contribution is -2.30. The molecule has 3 heteroatoms. The predicted molar refractivity (Wildman–Crippen MR) is 74.5 cm³/mol. The SMILES string of the molecule is CC(=O)C1=CC2(CCOCC2)c2ccc(Br)cc21. The van der Waals surface area contributed by atoms with Crippen LogP contribution in [-0.4, -0.2) is 19.0 Å². The van der Waals surface area contributed by atoms with Crippen LogP contribution in [0.15, 0.2) is 28.7 Å². The van der Waals surface area contributed by atoms with Crippen LogP contribution in [0.1, 0.15) is 30.9 Å². The van der Waals surface area contributed by atoms with Crippen molar-refractivity contribution in [2.45, 2.75) is 25.2 Å². The first-order valence-electron chi connectivity index (χ1n) is 6.24. The van der Waals surface area contributed by atoms with E-state index < -0.39 is 0 Å². The van der Waals surface area contributed by atoms with Gasteiger partial charge < -0.3 is 4.74 Å². The highest BCUT2D eigenvalue weighted by Crippen LogP contribution is 2.47. The fourth-order valence-electron chi connectivity index (χ4n) is 3.05. The van der Waals surface area contributed by atoms with Crippen LogP contribution in [0, 0.1) is 0 Å². The smallest absolute Gasteiger partial charge is 0.160 e. The number of ether oxygens (including phenoxy) is 1. The molecule has 0 bridgehead atoms. The van der Waals surface area contributed by atoms with Crippen LogP contribution in [0.25, 0.3) is 5.57 Å². The van der Waals surface area contributed by atoms with Gasteiger partial charge in [-0.3, -0.25) is 4.79 Å². The second-order valence-corrected chi connectivity index (χ2v) is 5.99. The van der Waals surface area contributed by atoms with E-state index in [-0.39, 0.29) is 11.2 Å². The van der Waals surface area contributed by atoms with Crippen molar-refractivity contribution in [1.29, 1.82) is 0 Å². The van der Waals surface area contributed by atoms with Gasteiger partial charge in [0.2, 0.25) is 0 Å². The quantitative estimate of drug-likeness (QED) is 0.794. The molecular formula is C15H15BrO2. The molecule has 1 aliphatic carbocycles. The Morgan fingerprint density at radius 1 is 1.33 bits per heavy atom. The van der Waals surface area contributed by atoms with Gasteiger partial charge in [0.25, 0.3) is 0 Å². The van der Waals surface area contributed by atoms with Gasteiger partial charge in [-0.05, 0) is 43.0 Å². The number of allylic oxidation sites excluding steroid dienone is 2. The molecule has 18 heavy (non-hydrogen) atoms. The monoisotopic (exact) mass is 306 g/mol. The number of carbonyl (C=O) groups is 1. The molecule has 2 aliphatic rings. The Balaban J connectivity index is 2.17. The molecule has 94 valence electrons. The Morgan fingerprint density at radius 2 is 2.06 bits per heavy atom. The molecule has 1 saturated heterocycles. The molecular weight excluding hydrogens is 292 g/mol. The minimum atomic E-state index is 0.0231. The Labute approximate surface area is 115 Å².